The summed E-state index contributed by atoms with van der Waals surface area (Å²) in [6.07, 6.45) is 1.74. The summed E-state index contributed by atoms with van der Waals surface area (Å²) in [5.74, 6) is 0.623. The molecule has 0 spiro atoms. The van der Waals surface area contributed by atoms with E-state index in [4.69, 9.17) is 9.47 Å². The summed E-state index contributed by atoms with van der Waals surface area (Å²) in [4.78, 5) is 4.15. The average Bonchev–Trinajstić information content (AvgIpc) is 2.17. The van der Waals surface area contributed by atoms with Gasteiger partial charge < -0.3 is 9.47 Å². The molecule has 1 aromatic heterocycles. The molecule has 0 N–H and O–H groups in total. The van der Waals surface area contributed by atoms with Crippen molar-refractivity contribution < 1.29 is 9.47 Å². The highest BCUT2D eigenvalue weighted by Gasteiger charge is 2.10. The van der Waals surface area contributed by atoms with Gasteiger partial charge in [0.05, 0.1) is 16.7 Å². The zero-order chi connectivity index (χ0) is 12.2. The van der Waals surface area contributed by atoms with Crippen LogP contribution in [-0.2, 0) is 4.74 Å². The van der Waals surface area contributed by atoms with Crippen molar-refractivity contribution in [3.63, 3.8) is 0 Å². The molecule has 0 aliphatic rings. The van der Waals surface area contributed by atoms with Crippen LogP contribution >= 0.6 is 15.9 Å². The zero-order valence-electron chi connectivity index (χ0n) is 10.2. The lowest BCUT2D eigenvalue weighted by atomic mass is 10.2. The van der Waals surface area contributed by atoms with Gasteiger partial charge in [-0.15, -0.1) is 0 Å². The summed E-state index contributed by atoms with van der Waals surface area (Å²) >= 11 is 3.44. The molecule has 0 aliphatic heterocycles. The number of hydrogen-bond donors (Lipinski definition) is 0. The fourth-order valence-electron chi connectivity index (χ4n) is 1.10. The van der Waals surface area contributed by atoms with Gasteiger partial charge in [0.25, 0.3) is 0 Å². The number of ether oxygens (including phenoxy) is 2. The zero-order valence-corrected chi connectivity index (χ0v) is 11.8. The molecule has 3 nitrogen and oxygen atoms in total. The number of aromatic nitrogens is 1. The maximum atomic E-state index is 5.55. The van der Waals surface area contributed by atoms with Gasteiger partial charge in [0.1, 0.15) is 6.61 Å². The Morgan fingerprint density at radius 1 is 1.31 bits per heavy atom. The number of halogens is 1. The minimum absolute atomic E-state index is 0.124. The van der Waals surface area contributed by atoms with E-state index < -0.39 is 0 Å². The van der Waals surface area contributed by atoms with E-state index in [2.05, 4.69) is 20.9 Å². The van der Waals surface area contributed by atoms with Gasteiger partial charge >= 0.3 is 0 Å². The van der Waals surface area contributed by atoms with Gasteiger partial charge in [0, 0.05) is 6.20 Å². The molecule has 0 fully saturated rings. The largest absolute Gasteiger partial charge is 0.474 e. The van der Waals surface area contributed by atoms with Crippen molar-refractivity contribution in [2.75, 3.05) is 13.2 Å². The van der Waals surface area contributed by atoms with Gasteiger partial charge in [-0.05, 0) is 55.3 Å². The maximum Gasteiger partial charge on any atom is 0.228 e. The Bertz CT molecular complexity index is 347. The fraction of sp³-hybridized carbons (Fsp3) is 0.583. The predicted molar refractivity (Wildman–Crippen MR) is 67.9 cm³/mol. The van der Waals surface area contributed by atoms with Gasteiger partial charge in [-0.2, -0.15) is 0 Å². The van der Waals surface area contributed by atoms with Gasteiger partial charge in [-0.25, -0.2) is 4.98 Å². The molecule has 16 heavy (non-hydrogen) atoms. The summed E-state index contributed by atoms with van der Waals surface area (Å²) < 4.78 is 12.0. The Hall–Kier alpha value is -0.610. The highest BCUT2D eigenvalue weighted by Crippen LogP contribution is 2.25. The molecule has 0 amide bonds. The van der Waals surface area contributed by atoms with Crippen LogP contribution in [0.1, 0.15) is 26.3 Å². The maximum absolute atomic E-state index is 5.55. The number of aryl methyl sites for hydroxylation is 1. The first-order valence-electron chi connectivity index (χ1n) is 5.28. The quantitative estimate of drug-likeness (QED) is 0.796. The van der Waals surface area contributed by atoms with Crippen LogP contribution in [0.2, 0.25) is 0 Å². The number of rotatable bonds is 4. The van der Waals surface area contributed by atoms with Crippen molar-refractivity contribution in [3.8, 4) is 5.88 Å². The molecule has 0 saturated heterocycles. The van der Waals surface area contributed by atoms with E-state index >= 15 is 0 Å². The summed E-state index contributed by atoms with van der Waals surface area (Å²) in [5, 5.41) is 0. The molecule has 0 aliphatic carbocycles. The van der Waals surface area contributed by atoms with E-state index in [1.165, 1.54) is 0 Å². The molecule has 0 aromatic carbocycles. The van der Waals surface area contributed by atoms with E-state index in [-0.39, 0.29) is 5.60 Å². The van der Waals surface area contributed by atoms with Crippen LogP contribution < -0.4 is 4.74 Å². The molecule has 1 rings (SSSR count). The van der Waals surface area contributed by atoms with E-state index in [1.54, 1.807) is 6.20 Å². The Morgan fingerprint density at radius 2 is 2.00 bits per heavy atom. The van der Waals surface area contributed by atoms with Crippen molar-refractivity contribution in [3.05, 3.63) is 22.3 Å². The summed E-state index contributed by atoms with van der Waals surface area (Å²) in [6, 6.07) is 1.93. The predicted octanol–water partition coefficient (Wildman–Crippen LogP) is 3.35. The molecule has 1 aromatic rings. The Kier molecular flexibility index (Phi) is 4.74. The summed E-state index contributed by atoms with van der Waals surface area (Å²) in [7, 11) is 0. The first kappa shape index (κ1) is 13.5. The molecule has 0 bridgehead atoms. The first-order chi connectivity index (χ1) is 7.40. The molecule has 0 unspecified atom stereocenters. The molecule has 0 atom stereocenters. The summed E-state index contributed by atoms with van der Waals surface area (Å²) in [6.45, 7) is 9.14. The van der Waals surface area contributed by atoms with E-state index in [0.717, 1.165) is 10.0 Å². The van der Waals surface area contributed by atoms with E-state index in [9.17, 15) is 0 Å². The van der Waals surface area contributed by atoms with Crippen LogP contribution in [0.4, 0.5) is 0 Å². The number of pyridine rings is 1. The third-order valence-corrected chi connectivity index (χ3v) is 2.87. The second-order valence-corrected chi connectivity index (χ2v) is 5.35. The Labute approximate surface area is 105 Å². The average molecular weight is 288 g/mol. The lowest BCUT2D eigenvalue weighted by Gasteiger charge is -2.19. The molecular formula is C12H18BrNO2. The van der Waals surface area contributed by atoms with Gasteiger partial charge in [0.15, 0.2) is 0 Å². The molecule has 90 valence electrons. The van der Waals surface area contributed by atoms with Gasteiger partial charge in [0.2, 0.25) is 5.88 Å². The third-order valence-electron chi connectivity index (χ3n) is 1.91. The van der Waals surface area contributed by atoms with Crippen LogP contribution in [0, 0.1) is 6.92 Å². The van der Waals surface area contributed by atoms with Gasteiger partial charge in [-0.1, -0.05) is 0 Å². The Morgan fingerprint density at radius 3 is 2.62 bits per heavy atom. The molecule has 0 radical (unpaired) electrons. The normalized spacial score (nSPS) is 11.6. The van der Waals surface area contributed by atoms with Crippen molar-refractivity contribution in [1.82, 2.24) is 4.98 Å². The number of nitrogens with zero attached hydrogens (tertiary/aromatic N) is 1. The molecular weight excluding hydrogens is 270 g/mol. The smallest absolute Gasteiger partial charge is 0.228 e. The summed E-state index contributed by atoms with van der Waals surface area (Å²) in [5.41, 5.74) is 0.988. The van der Waals surface area contributed by atoms with Crippen LogP contribution in [0.3, 0.4) is 0 Å². The highest BCUT2D eigenvalue weighted by atomic mass is 79.9. The SMILES string of the molecule is Cc1ccnc(OCCOC(C)(C)C)c1Br. The monoisotopic (exact) mass is 287 g/mol. The van der Waals surface area contributed by atoms with Crippen LogP contribution in [0.15, 0.2) is 16.7 Å². The second-order valence-electron chi connectivity index (χ2n) is 4.56. The Balaban J connectivity index is 2.41. The lowest BCUT2D eigenvalue weighted by Crippen LogP contribution is -2.22. The highest BCUT2D eigenvalue weighted by molar-refractivity contribution is 9.10. The minimum Gasteiger partial charge on any atom is -0.474 e. The fourth-order valence-corrected chi connectivity index (χ4v) is 1.45. The van der Waals surface area contributed by atoms with Crippen molar-refractivity contribution in [2.24, 2.45) is 0 Å². The van der Waals surface area contributed by atoms with Crippen molar-refractivity contribution in [2.45, 2.75) is 33.3 Å². The van der Waals surface area contributed by atoms with E-state index in [0.29, 0.717) is 19.1 Å². The van der Waals surface area contributed by atoms with Crippen molar-refractivity contribution in [1.29, 1.82) is 0 Å². The number of hydrogen-bond acceptors (Lipinski definition) is 3. The minimum atomic E-state index is -0.124. The third kappa shape index (κ3) is 4.49. The van der Waals surface area contributed by atoms with Crippen LogP contribution in [0.5, 0.6) is 5.88 Å². The standard InChI is InChI=1S/C12H18BrNO2/c1-9-5-6-14-11(10(9)13)15-7-8-16-12(2,3)4/h5-6H,7-8H2,1-4H3. The first-order valence-corrected chi connectivity index (χ1v) is 6.07. The molecule has 1 heterocycles. The van der Waals surface area contributed by atoms with Crippen molar-refractivity contribution >= 4 is 15.9 Å². The molecule has 4 heteroatoms. The van der Waals surface area contributed by atoms with E-state index in [1.807, 2.05) is 33.8 Å². The topological polar surface area (TPSA) is 31.4 Å². The van der Waals surface area contributed by atoms with Crippen LogP contribution in [-0.4, -0.2) is 23.8 Å². The lowest BCUT2D eigenvalue weighted by molar-refractivity contribution is -0.0169. The second kappa shape index (κ2) is 5.64. The van der Waals surface area contributed by atoms with Crippen LogP contribution in [0.25, 0.3) is 0 Å². The van der Waals surface area contributed by atoms with Gasteiger partial charge in [-0.3, -0.25) is 0 Å². The molecule has 0 saturated carbocycles.